The minimum atomic E-state index is -0.996. The fraction of sp³-hybridized carbons (Fsp3) is 0. The molecule has 0 aliphatic heterocycles. The molecular formula is C11H9NO2S. The Morgan fingerprint density at radius 3 is 2.73 bits per heavy atom. The largest absolute Gasteiger partial charge is 0.478 e. The number of para-hydroxylation sites is 1. The summed E-state index contributed by atoms with van der Waals surface area (Å²) in [5.41, 5.74) is 8.01. The van der Waals surface area contributed by atoms with Crippen LogP contribution < -0.4 is 5.73 Å². The lowest BCUT2D eigenvalue weighted by atomic mass is 10.0. The summed E-state index contributed by atoms with van der Waals surface area (Å²) >= 11 is 1.55. The van der Waals surface area contributed by atoms with Crippen molar-refractivity contribution < 1.29 is 9.90 Å². The number of carbonyl (C=O) groups is 1. The van der Waals surface area contributed by atoms with Crippen molar-refractivity contribution in [2.24, 2.45) is 0 Å². The van der Waals surface area contributed by atoms with Crippen LogP contribution in [0, 0.1) is 0 Å². The summed E-state index contributed by atoms with van der Waals surface area (Å²) in [7, 11) is 0. The molecule has 1 aromatic heterocycles. The van der Waals surface area contributed by atoms with Gasteiger partial charge in [0.1, 0.15) is 0 Å². The molecule has 2 rings (SSSR count). The smallest absolute Gasteiger partial charge is 0.337 e. The molecule has 0 spiro atoms. The average Bonchev–Trinajstić information content (AvgIpc) is 2.70. The highest BCUT2D eigenvalue weighted by molar-refractivity contribution is 7.08. The van der Waals surface area contributed by atoms with E-state index in [9.17, 15) is 4.79 Å². The van der Waals surface area contributed by atoms with Gasteiger partial charge in [0.15, 0.2) is 0 Å². The molecule has 1 aromatic carbocycles. The Morgan fingerprint density at radius 1 is 1.33 bits per heavy atom. The van der Waals surface area contributed by atoms with Crippen LogP contribution in [-0.2, 0) is 0 Å². The summed E-state index contributed by atoms with van der Waals surface area (Å²) in [6.07, 6.45) is 0. The van der Waals surface area contributed by atoms with Crippen LogP contribution in [0.1, 0.15) is 10.4 Å². The van der Waals surface area contributed by atoms with E-state index < -0.39 is 5.97 Å². The van der Waals surface area contributed by atoms with Crippen molar-refractivity contribution in [1.29, 1.82) is 0 Å². The number of benzene rings is 1. The summed E-state index contributed by atoms with van der Waals surface area (Å²) < 4.78 is 0. The molecule has 4 heteroatoms. The molecule has 3 nitrogen and oxygen atoms in total. The highest BCUT2D eigenvalue weighted by Crippen LogP contribution is 2.29. The van der Waals surface area contributed by atoms with Crippen LogP contribution in [0.15, 0.2) is 35.0 Å². The van der Waals surface area contributed by atoms with Crippen LogP contribution in [0.4, 0.5) is 5.69 Å². The number of carboxylic acids is 1. The summed E-state index contributed by atoms with van der Waals surface area (Å²) in [4.78, 5) is 10.9. The third kappa shape index (κ3) is 1.71. The van der Waals surface area contributed by atoms with Gasteiger partial charge in [0.25, 0.3) is 0 Å². The van der Waals surface area contributed by atoms with Gasteiger partial charge in [-0.3, -0.25) is 0 Å². The zero-order valence-corrected chi connectivity index (χ0v) is 8.62. The molecule has 0 bridgehead atoms. The van der Waals surface area contributed by atoms with Crippen molar-refractivity contribution in [3.63, 3.8) is 0 Å². The Hall–Kier alpha value is -1.81. The van der Waals surface area contributed by atoms with Gasteiger partial charge in [0.2, 0.25) is 0 Å². The maximum absolute atomic E-state index is 10.9. The highest BCUT2D eigenvalue weighted by Gasteiger charge is 2.11. The Balaban J connectivity index is 2.59. The Bertz CT molecular complexity index is 491. The van der Waals surface area contributed by atoms with Gasteiger partial charge >= 0.3 is 5.97 Å². The standard InChI is InChI=1S/C11H9NO2S/c12-10-8(7-4-5-15-6-7)2-1-3-9(10)11(13)14/h1-6H,12H2,(H,13,14). The molecule has 0 saturated heterocycles. The number of hydrogen-bond acceptors (Lipinski definition) is 3. The molecule has 1 heterocycles. The molecule has 15 heavy (non-hydrogen) atoms. The van der Waals surface area contributed by atoms with Crippen molar-refractivity contribution in [1.82, 2.24) is 0 Å². The topological polar surface area (TPSA) is 63.3 Å². The van der Waals surface area contributed by atoms with Gasteiger partial charge in [-0.15, -0.1) is 0 Å². The van der Waals surface area contributed by atoms with Crippen LogP contribution in [0.25, 0.3) is 11.1 Å². The highest BCUT2D eigenvalue weighted by atomic mass is 32.1. The van der Waals surface area contributed by atoms with E-state index in [0.29, 0.717) is 5.69 Å². The number of nitrogen functional groups attached to an aromatic ring is 1. The first kappa shape index (κ1) is 9.73. The third-order valence-electron chi connectivity index (χ3n) is 2.17. The Labute approximate surface area is 90.8 Å². The summed E-state index contributed by atoms with van der Waals surface area (Å²) in [6, 6.07) is 6.95. The molecule has 0 radical (unpaired) electrons. The molecular weight excluding hydrogens is 210 g/mol. The number of anilines is 1. The first-order valence-corrected chi connectivity index (χ1v) is 5.29. The van der Waals surface area contributed by atoms with Gasteiger partial charge in [0.05, 0.1) is 11.3 Å². The quantitative estimate of drug-likeness (QED) is 0.763. The zero-order valence-electron chi connectivity index (χ0n) is 7.81. The molecule has 0 fully saturated rings. The van der Waals surface area contributed by atoms with E-state index >= 15 is 0 Å². The Kier molecular flexibility index (Phi) is 2.43. The Morgan fingerprint density at radius 2 is 2.13 bits per heavy atom. The molecule has 0 aliphatic carbocycles. The van der Waals surface area contributed by atoms with Crippen LogP contribution in [0.3, 0.4) is 0 Å². The van der Waals surface area contributed by atoms with Crippen molar-refractivity contribution in [2.75, 3.05) is 5.73 Å². The third-order valence-corrected chi connectivity index (χ3v) is 2.85. The predicted molar refractivity (Wildman–Crippen MR) is 61.1 cm³/mol. The normalized spacial score (nSPS) is 10.1. The molecule has 0 atom stereocenters. The van der Waals surface area contributed by atoms with Crippen LogP contribution >= 0.6 is 11.3 Å². The van der Waals surface area contributed by atoms with E-state index in [1.807, 2.05) is 22.9 Å². The predicted octanol–water partition coefficient (Wildman–Crippen LogP) is 2.70. The van der Waals surface area contributed by atoms with Crippen LogP contribution in [0.2, 0.25) is 0 Å². The number of thiophene rings is 1. The van der Waals surface area contributed by atoms with Crippen molar-refractivity contribution >= 4 is 23.0 Å². The zero-order chi connectivity index (χ0) is 10.8. The minimum absolute atomic E-state index is 0.152. The van der Waals surface area contributed by atoms with Gasteiger partial charge < -0.3 is 10.8 Å². The van der Waals surface area contributed by atoms with Gasteiger partial charge in [-0.1, -0.05) is 12.1 Å². The van der Waals surface area contributed by atoms with E-state index in [4.69, 9.17) is 10.8 Å². The SMILES string of the molecule is Nc1c(C(=O)O)cccc1-c1ccsc1. The first-order valence-electron chi connectivity index (χ1n) is 4.34. The van der Waals surface area contributed by atoms with Crippen LogP contribution in [0.5, 0.6) is 0 Å². The van der Waals surface area contributed by atoms with Gasteiger partial charge in [-0.25, -0.2) is 4.79 Å². The molecule has 3 N–H and O–H groups in total. The maximum Gasteiger partial charge on any atom is 0.337 e. The summed E-state index contributed by atoms with van der Waals surface area (Å²) in [5.74, 6) is -0.996. The van der Waals surface area contributed by atoms with Gasteiger partial charge in [-0.05, 0) is 28.5 Å². The molecule has 0 amide bonds. The van der Waals surface area contributed by atoms with Crippen LogP contribution in [-0.4, -0.2) is 11.1 Å². The van der Waals surface area contributed by atoms with E-state index in [-0.39, 0.29) is 5.56 Å². The van der Waals surface area contributed by atoms with Gasteiger partial charge in [-0.2, -0.15) is 11.3 Å². The van der Waals surface area contributed by atoms with E-state index in [0.717, 1.165) is 11.1 Å². The van der Waals surface area contributed by atoms with Gasteiger partial charge in [0, 0.05) is 5.56 Å². The number of carboxylic acid groups (broad SMARTS) is 1. The molecule has 0 unspecified atom stereocenters. The molecule has 76 valence electrons. The molecule has 2 aromatic rings. The number of rotatable bonds is 2. The second-order valence-electron chi connectivity index (χ2n) is 3.08. The summed E-state index contributed by atoms with van der Waals surface area (Å²) in [6.45, 7) is 0. The van der Waals surface area contributed by atoms with Crippen molar-refractivity contribution in [2.45, 2.75) is 0 Å². The van der Waals surface area contributed by atoms with E-state index in [1.54, 1.807) is 17.4 Å². The monoisotopic (exact) mass is 219 g/mol. The lowest BCUT2D eigenvalue weighted by Crippen LogP contribution is -2.03. The second kappa shape index (κ2) is 3.74. The maximum atomic E-state index is 10.9. The number of hydrogen-bond donors (Lipinski definition) is 2. The van der Waals surface area contributed by atoms with Crippen molar-refractivity contribution in [3.8, 4) is 11.1 Å². The molecule has 0 saturated carbocycles. The lowest BCUT2D eigenvalue weighted by molar-refractivity contribution is 0.0698. The second-order valence-corrected chi connectivity index (χ2v) is 3.86. The lowest BCUT2D eigenvalue weighted by Gasteiger charge is -2.06. The molecule has 0 aliphatic rings. The summed E-state index contributed by atoms with van der Waals surface area (Å²) in [5, 5.41) is 12.8. The fourth-order valence-electron chi connectivity index (χ4n) is 1.42. The van der Waals surface area contributed by atoms with E-state index in [1.165, 1.54) is 6.07 Å². The van der Waals surface area contributed by atoms with E-state index in [2.05, 4.69) is 0 Å². The first-order chi connectivity index (χ1) is 7.20. The number of nitrogens with two attached hydrogens (primary N) is 1. The van der Waals surface area contributed by atoms with Crippen molar-refractivity contribution in [3.05, 3.63) is 40.6 Å². The average molecular weight is 219 g/mol. The number of aromatic carboxylic acids is 1. The fourth-order valence-corrected chi connectivity index (χ4v) is 2.08. The minimum Gasteiger partial charge on any atom is -0.478 e.